The Morgan fingerprint density at radius 3 is 2.78 bits per heavy atom. The van der Waals surface area contributed by atoms with Crippen molar-refractivity contribution in [2.45, 2.75) is 23.8 Å². The van der Waals surface area contributed by atoms with Crippen molar-refractivity contribution in [3.8, 4) is 0 Å². The summed E-state index contributed by atoms with van der Waals surface area (Å²) in [6, 6.07) is 6.26. The van der Waals surface area contributed by atoms with E-state index in [0.717, 1.165) is 4.90 Å². The number of likely N-dealkylation sites (tertiary alicyclic amines) is 1. The number of thioether (sulfide) groups is 1. The lowest BCUT2D eigenvalue weighted by atomic mass is 10.3. The van der Waals surface area contributed by atoms with Gasteiger partial charge in [0.15, 0.2) is 0 Å². The number of β-amino-alcohol motifs (C(OH)–C–C–N with tert-alkyl or cyclic N) is 1. The summed E-state index contributed by atoms with van der Waals surface area (Å²) >= 11 is 1.54. The number of amides is 1. The maximum Gasteiger partial charge on any atom is 0.223 e. The first kappa shape index (κ1) is 13.4. The zero-order valence-corrected chi connectivity index (χ0v) is 10.8. The Balaban J connectivity index is 1.72. The van der Waals surface area contributed by atoms with Crippen LogP contribution in [0.2, 0.25) is 0 Å². The number of aliphatic hydroxyl groups excluding tert-OH is 1. The van der Waals surface area contributed by atoms with Crippen LogP contribution in [0.25, 0.3) is 0 Å². The molecule has 0 radical (unpaired) electrons. The quantitative estimate of drug-likeness (QED) is 0.849. The van der Waals surface area contributed by atoms with Gasteiger partial charge in [0.1, 0.15) is 5.82 Å². The van der Waals surface area contributed by atoms with Crippen molar-refractivity contribution in [2.75, 3.05) is 18.8 Å². The average molecular weight is 269 g/mol. The topological polar surface area (TPSA) is 40.5 Å². The van der Waals surface area contributed by atoms with Crippen LogP contribution in [-0.2, 0) is 4.79 Å². The van der Waals surface area contributed by atoms with E-state index in [1.807, 2.05) is 0 Å². The summed E-state index contributed by atoms with van der Waals surface area (Å²) in [5, 5.41) is 9.34. The third-order valence-electron chi connectivity index (χ3n) is 2.91. The van der Waals surface area contributed by atoms with Gasteiger partial charge in [-0.3, -0.25) is 4.79 Å². The molecule has 0 saturated carbocycles. The number of aliphatic hydroxyl groups is 1. The molecule has 2 rings (SSSR count). The van der Waals surface area contributed by atoms with Crippen molar-refractivity contribution in [3.05, 3.63) is 30.1 Å². The Morgan fingerprint density at radius 2 is 2.17 bits per heavy atom. The van der Waals surface area contributed by atoms with Crippen LogP contribution in [0.5, 0.6) is 0 Å². The van der Waals surface area contributed by atoms with Gasteiger partial charge in [-0.05, 0) is 30.7 Å². The predicted molar refractivity (Wildman–Crippen MR) is 68.9 cm³/mol. The van der Waals surface area contributed by atoms with Crippen molar-refractivity contribution in [3.63, 3.8) is 0 Å². The normalized spacial score (nSPS) is 19.2. The van der Waals surface area contributed by atoms with E-state index in [1.165, 1.54) is 12.1 Å². The van der Waals surface area contributed by atoms with Crippen LogP contribution in [0.1, 0.15) is 12.8 Å². The van der Waals surface area contributed by atoms with E-state index in [2.05, 4.69) is 0 Å². The fourth-order valence-corrected chi connectivity index (χ4v) is 2.75. The van der Waals surface area contributed by atoms with Crippen LogP contribution in [0, 0.1) is 5.82 Å². The highest BCUT2D eigenvalue weighted by Crippen LogP contribution is 2.20. The zero-order chi connectivity index (χ0) is 13.0. The van der Waals surface area contributed by atoms with Gasteiger partial charge in [0.2, 0.25) is 5.91 Å². The van der Waals surface area contributed by atoms with Crippen molar-refractivity contribution >= 4 is 17.7 Å². The second kappa shape index (κ2) is 6.20. The summed E-state index contributed by atoms with van der Waals surface area (Å²) < 4.78 is 12.7. The molecule has 1 heterocycles. The zero-order valence-electron chi connectivity index (χ0n) is 10.0. The monoisotopic (exact) mass is 269 g/mol. The minimum Gasteiger partial charge on any atom is -0.391 e. The van der Waals surface area contributed by atoms with Crippen LogP contribution in [-0.4, -0.2) is 40.9 Å². The first-order chi connectivity index (χ1) is 8.65. The lowest BCUT2D eigenvalue weighted by molar-refractivity contribution is -0.130. The average Bonchev–Trinajstić information content (AvgIpc) is 2.78. The Labute approximate surface area is 110 Å². The third kappa shape index (κ3) is 3.71. The predicted octanol–water partition coefficient (Wildman–Crippen LogP) is 1.90. The molecule has 1 aromatic rings. The molecule has 5 heteroatoms. The van der Waals surface area contributed by atoms with Gasteiger partial charge in [0.05, 0.1) is 6.10 Å². The molecule has 0 aliphatic carbocycles. The van der Waals surface area contributed by atoms with Crippen LogP contribution in [0.4, 0.5) is 4.39 Å². The maximum atomic E-state index is 12.7. The summed E-state index contributed by atoms with van der Waals surface area (Å²) in [5.41, 5.74) is 0. The van der Waals surface area contributed by atoms with Gasteiger partial charge >= 0.3 is 0 Å². The van der Waals surface area contributed by atoms with E-state index < -0.39 is 0 Å². The standard InChI is InChI=1S/C13H16FNO2S/c14-10-1-3-12(4-2-10)18-8-6-13(17)15-7-5-11(16)9-15/h1-4,11,16H,5-9H2. The van der Waals surface area contributed by atoms with E-state index >= 15 is 0 Å². The van der Waals surface area contributed by atoms with Crippen LogP contribution in [0.3, 0.4) is 0 Å². The SMILES string of the molecule is O=C(CCSc1ccc(F)cc1)N1CCC(O)C1. The lowest BCUT2D eigenvalue weighted by Gasteiger charge is -2.15. The molecule has 0 bridgehead atoms. The molecular formula is C13H16FNO2S. The minimum atomic E-state index is -0.362. The number of nitrogens with zero attached hydrogens (tertiary/aromatic N) is 1. The van der Waals surface area contributed by atoms with Gasteiger partial charge in [-0.15, -0.1) is 11.8 Å². The molecule has 1 saturated heterocycles. The largest absolute Gasteiger partial charge is 0.391 e. The van der Waals surface area contributed by atoms with Crippen LogP contribution in [0.15, 0.2) is 29.2 Å². The molecule has 1 aliphatic heterocycles. The van der Waals surface area contributed by atoms with E-state index in [0.29, 0.717) is 31.7 Å². The molecule has 0 aromatic heterocycles. The van der Waals surface area contributed by atoms with Crippen molar-refractivity contribution < 1.29 is 14.3 Å². The number of rotatable bonds is 4. The van der Waals surface area contributed by atoms with E-state index in [1.54, 1.807) is 28.8 Å². The van der Waals surface area contributed by atoms with E-state index in [4.69, 9.17) is 0 Å². The molecule has 3 nitrogen and oxygen atoms in total. The van der Waals surface area contributed by atoms with Crippen LogP contribution >= 0.6 is 11.8 Å². The summed E-state index contributed by atoms with van der Waals surface area (Å²) in [4.78, 5) is 14.4. The van der Waals surface area contributed by atoms with Crippen molar-refractivity contribution in [2.24, 2.45) is 0 Å². The summed E-state index contributed by atoms with van der Waals surface area (Å²) in [7, 11) is 0. The smallest absolute Gasteiger partial charge is 0.223 e. The summed E-state index contributed by atoms with van der Waals surface area (Å²) in [6.07, 6.45) is 0.768. The van der Waals surface area contributed by atoms with E-state index in [-0.39, 0.29) is 17.8 Å². The van der Waals surface area contributed by atoms with Crippen molar-refractivity contribution in [1.82, 2.24) is 4.90 Å². The number of benzene rings is 1. The molecule has 1 fully saturated rings. The number of carbonyl (C=O) groups excluding carboxylic acids is 1. The number of carbonyl (C=O) groups is 1. The Morgan fingerprint density at radius 1 is 1.44 bits per heavy atom. The van der Waals surface area contributed by atoms with Gasteiger partial charge < -0.3 is 10.0 Å². The highest BCUT2D eigenvalue weighted by atomic mass is 32.2. The Kier molecular flexibility index (Phi) is 4.60. The molecule has 1 atom stereocenters. The van der Waals surface area contributed by atoms with Crippen molar-refractivity contribution in [1.29, 1.82) is 0 Å². The summed E-state index contributed by atoms with van der Waals surface area (Å²) in [6.45, 7) is 1.11. The first-order valence-electron chi connectivity index (χ1n) is 5.99. The maximum absolute atomic E-state index is 12.7. The Hall–Kier alpha value is -1.07. The van der Waals surface area contributed by atoms with Gasteiger partial charge in [0, 0.05) is 30.2 Å². The fourth-order valence-electron chi connectivity index (χ4n) is 1.91. The number of hydrogen-bond donors (Lipinski definition) is 1. The van der Waals surface area contributed by atoms with E-state index in [9.17, 15) is 14.3 Å². The fraction of sp³-hybridized carbons (Fsp3) is 0.462. The first-order valence-corrected chi connectivity index (χ1v) is 6.98. The molecule has 1 amide bonds. The molecule has 1 unspecified atom stereocenters. The molecule has 98 valence electrons. The second-order valence-corrected chi connectivity index (χ2v) is 5.50. The molecule has 1 N–H and O–H groups in total. The third-order valence-corrected chi connectivity index (χ3v) is 3.93. The van der Waals surface area contributed by atoms with Crippen LogP contribution < -0.4 is 0 Å². The van der Waals surface area contributed by atoms with Gasteiger partial charge in [-0.1, -0.05) is 0 Å². The number of halogens is 1. The molecule has 18 heavy (non-hydrogen) atoms. The van der Waals surface area contributed by atoms with Gasteiger partial charge in [-0.2, -0.15) is 0 Å². The molecule has 1 aliphatic rings. The second-order valence-electron chi connectivity index (χ2n) is 4.33. The van der Waals surface area contributed by atoms with Gasteiger partial charge in [0.25, 0.3) is 0 Å². The lowest BCUT2D eigenvalue weighted by Crippen LogP contribution is -2.29. The molecule has 0 spiro atoms. The highest BCUT2D eigenvalue weighted by molar-refractivity contribution is 7.99. The minimum absolute atomic E-state index is 0.0844. The molecule has 1 aromatic carbocycles. The number of hydrogen-bond acceptors (Lipinski definition) is 3. The highest BCUT2D eigenvalue weighted by Gasteiger charge is 2.23. The molecular weight excluding hydrogens is 253 g/mol. The summed E-state index contributed by atoms with van der Waals surface area (Å²) in [5.74, 6) is 0.513. The Bertz CT molecular complexity index is 410. The van der Waals surface area contributed by atoms with Gasteiger partial charge in [-0.25, -0.2) is 4.39 Å².